The van der Waals surface area contributed by atoms with E-state index in [1.165, 1.54) is 16.7 Å². The number of ether oxygens (including phenoxy) is 1. The molecule has 1 aromatic heterocycles. The predicted molar refractivity (Wildman–Crippen MR) is 141 cm³/mol. The van der Waals surface area contributed by atoms with Gasteiger partial charge in [0.1, 0.15) is 11.4 Å². The van der Waals surface area contributed by atoms with Crippen molar-refractivity contribution in [2.24, 2.45) is 0 Å². The summed E-state index contributed by atoms with van der Waals surface area (Å²) in [5, 5.41) is 0.657. The van der Waals surface area contributed by atoms with Crippen LogP contribution in [0.3, 0.4) is 0 Å². The lowest BCUT2D eigenvalue weighted by atomic mass is 10.0. The number of carbonyl (C=O) groups excluding carboxylic acids is 1. The van der Waals surface area contributed by atoms with Crippen molar-refractivity contribution >= 4 is 27.0 Å². The summed E-state index contributed by atoms with van der Waals surface area (Å²) in [6.07, 6.45) is 1.50. The molecule has 3 rings (SSSR count). The highest BCUT2D eigenvalue weighted by Crippen LogP contribution is 2.34. The molecule has 1 N–H and O–H groups in total. The van der Waals surface area contributed by atoms with E-state index in [1.54, 1.807) is 65.9 Å². The summed E-state index contributed by atoms with van der Waals surface area (Å²) < 4.78 is 50.1. The minimum Gasteiger partial charge on any atom is -0.443 e. The van der Waals surface area contributed by atoms with Gasteiger partial charge in [-0.05, 0) is 104 Å². The summed E-state index contributed by atoms with van der Waals surface area (Å²) in [4.78, 5) is 15.1. The van der Waals surface area contributed by atoms with E-state index in [4.69, 9.17) is 4.74 Å². The molecule has 3 aromatic rings. The molecule has 2 aromatic carbocycles. The van der Waals surface area contributed by atoms with E-state index in [1.807, 2.05) is 25.1 Å². The number of rotatable bonds is 6. The number of likely N-dealkylation sites (N-methyl/N-ethyl adjacent to an activating group) is 1. The molecule has 0 aliphatic carbocycles. The molecule has 0 bridgehead atoms. The minimum absolute atomic E-state index is 0.213. The molecule has 196 valence electrons. The Labute approximate surface area is 213 Å². The Morgan fingerprint density at radius 2 is 1.72 bits per heavy atom. The zero-order chi connectivity index (χ0) is 27.1. The first-order valence-corrected chi connectivity index (χ1v) is 13.3. The van der Waals surface area contributed by atoms with E-state index in [-0.39, 0.29) is 4.90 Å². The fourth-order valence-corrected chi connectivity index (χ4v) is 5.57. The molecule has 1 heterocycles. The molecule has 0 aliphatic rings. The second kappa shape index (κ2) is 9.95. The van der Waals surface area contributed by atoms with Crippen molar-refractivity contribution in [1.29, 1.82) is 0 Å². The third kappa shape index (κ3) is 6.72. The average Bonchev–Trinajstić information content (AvgIpc) is 3.07. The highest BCUT2D eigenvalue weighted by atomic mass is 32.2. The molecule has 0 saturated carbocycles. The summed E-state index contributed by atoms with van der Waals surface area (Å²) in [7, 11) is 0.0805. The van der Waals surface area contributed by atoms with Gasteiger partial charge in [0.15, 0.2) is 0 Å². The Morgan fingerprint density at radius 1 is 1.06 bits per heavy atom. The Balaban J connectivity index is 2.19. The van der Waals surface area contributed by atoms with Crippen LogP contribution in [0.15, 0.2) is 47.5 Å². The smallest absolute Gasteiger partial charge is 0.419 e. The molecular weight excluding hydrogens is 481 g/mol. The highest BCUT2D eigenvalue weighted by Gasteiger charge is 2.26. The van der Waals surface area contributed by atoms with E-state index in [2.05, 4.69) is 4.72 Å². The zero-order valence-electron chi connectivity index (χ0n) is 22.3. The number of hydrogen-bond acceptors (Lipinski definition) is 5. The lowest BCUT2D eigenvalue weighted by molar-refractivity contribution is 0.0544. The average molecular weight is 518 g/mol. The van der Waals surface area contributed by atoms with Crippen LogP contribution in [0.4, 0.5) is 9.18 Å². The van der Waals surface area contributed by atoms with Gasteiger partial charge in [0.25, 0.3) is 0 Å². The number of sulfonamides is 1. The number of fused-ring (bicyclic) bond motifs is 1. The van der Waals surface area contributed by atoms with Crippen molar-refractivity contribution in [3.63, 3.8) is 0 Å². The van der Waals surface area contributed by atoms with Gasteiger partial charge in [0.05, 0.1) is 10.4 Å². The molecule has 36 heavy (non-hydrogen) atoms. The van der Waals surface area contributed by atoms with Crippen molar-refractivity contribution in [1.82, 2.24) is 14.2 Å². The Hall–Kier alpha value is -2.75. The standard InChI is InChI=1S/C27H36FN3O4S/c1-26(2,3)29-36(33,34)24-12-9-18(15-19(24)13-14-30(7)8)22-17-31(25(32)35-27(4,5)6)23-16-20(28)10-11-21(22)23/h9-12,15-17,29H,13-14H2,1-8H3. The van der Waals surface area contributed by atoms with Crippen LogP contribution in [-0.2, 0) is 21.2 Å². The van der Waals surface area contributed by atoms with Gasteiger partial charge in [-0.1, -0.05) is 6.07 Å². The number of halogens is 1. The van der Waals surface area contributed by atoms with Gasteiger partial charge in [-0.3, -0.25) is 4.57 Å². The van der Waals surface area contributed by atoms with Crippen LogP contribution in [0.2, 0.25) is 0 Å². The second-order valence-corrected chi connectivity index (χ2v) is 12.9. The molecule has 0 saturated heterocycles. The molecule has 0 radical (unpaired) electrons. The third-order valence-electron chi connectivity index (χ3n) is 5.29. The first-order chi connectivity index (χ1) is 16.5. The molecule has 9 heteroatoms. The molecule has 0 fully saturated rings. The van der Waals surface area contributed by atoms with E-state index in [0.29, 0.717) is 35.0 Å². The van der Waals surface area contributed by atoms with Gasteiger partial charge >= 0.3 is 6.09 Å². The maximum absolute atomic E-state index is 14.1. The molecular formula is C27H36FN3O4S. The quantitative estimate of drug-likeness (QED) is 0.473. The molecule has 7 nitrogen and oxygen atoms in total. The second-order valence-electron chi connectivity index (χ2n) is 11.3. The maximum atomic E-state index is 14.1. The summed E-state index contributed by atoms with van der Waals surface area (Å²) in [5.41, 5.74) is 1.06. The van der Waals surface area contributed by atoms with Gasteiger partial charge in [-0.15, -0.1) is 0 Å². The van der Waals surface area contributed by atoms with E-state index >= 15 is 0 Å². The Bertz CT molecular complexity index is 1380. The SMILES string of the molecule is CN(C)CCc1cc(-c2cn(C(=O)OC(C)(C)C)c3cc(F)ccc23)ccc1S(=O)(=O)NC(C)(C)C. The fourth-order valence-electron chi connectivity index (χ4n) is 3.90. The zero-order valence-corrected chi connectivity index (χ0v) is 23.1. The number of hydrogen-bond donors (Lipinski definition) is 1. The lowest BCUT2D eigenvalue weighted by Gasteiger charge is -2.22. The van der Waals surface area contributed by atoms with E-state index in [0.717, 1.165) is 5.56 Å². The molecule has 0 aliphatic heterocycles. The molecule has 0 spiro atoms. The van der Waals surface area contributed by atoms with Crippen molar-refractivity contribution in [3.8, 4) is 11.1 Å². The number of nitrogens with zero attached hydrogens (tertiary/aromatic N) is 2. The van der Waals surface area contributed by atoms with Gasteiger partial charge < -0.3 is 9.64 Å². The molecule has 0 unspecified atom stereocenters. The predicted octanol–water partition coefficient (Wildman–Crippen LogP) is 5.41. The van der Waals surface area contributed by atoms with Crippen LogP contribution in [0, 0.1) is 5.82 Å². The van der Waals surface area contributed by atoms with Crippen molar-refractivity contribution in [2.45, 2.75) is 64.0 Å². The summed E-state index contributed by atoms with van der Waals surface area (Å²) in [6, 6.07) is 9.39. The monoisotopic (exact) mass is 517 g/mol. The number of benzene rings is 2. The summed E-state index contributed by atoms with van der Waals surface area (Å²) >= 11 is 0. The highest BCUT2D eigenvalue weighted by molar-refractivity contribution is 7.89. The van der Waals surface area contributed by atoms with Crippen molar-refractivity contribution in [3.05, 3.63) is 54.0 Å². The van der Waals surface area contributed by atoms with Crippen LogP contribution in [0.25, 0.3) is 22.0 Å². The normalized spacial score (nSPS) is 12.9. The van der Waals surface area contributed by atoms with Crippen molar-refractivity contribution < 1.29 is 22.3 Å². The Kier molecular flexibility index (Phi) is 7.70. The van der Waals surface area contributed by atoms with Gasteiger partial charge in [0, 0.05) is 29.2 Å². The van der Waals surface area contributed by atoms with Gasteiger partial charge in [-0.25, -0.2) is 22.3 Å². The topological polar surface area (TPSA) is 80.6 Å². The summed E-state index contributed by atoms with van der Waals surface area (Å²) in [6.45, 7) is 11.3. The number of nitrogens with one attached hydrogen (secondary N) is 1. The van der Waals surface area contributed by atoms with E-state index < -0.39 is 33.1 Å². The van der Waals surface area contributed by atoms with Crippen molar-refractivity contribution in [2.75, 3.05) is 20.6 Å². The van der Waals surface area contributed by atoms with Crippen LogP contribution >= 0.6 is 0 Å². The first kappa shape index (κ1) is 27.8. The largest absolute Gasteiger partial charge is 0.443 e. The van der Waals surface area contributed by atoms with Gasteiger partial charge in [-0.2, -0.15) is 0 Å². The number of carbonyl (C=O) groups is 1. The first-order valence-electron chi connectivity index (χ1n) is 11.8. The van der Waals surface area contributed by atoms with E-state index in [9.17, 15) is 17.6 Å². The van der Waals surface area contributed by atoms with Crippen LogP contribution in [0.1, 0.15) is 47.1 Å². The third-order valence-corrected chi connectivity index (χ3v) is 7.15. The van der Waals surface area contributed by atoms with Gasteiger partial charge in [0.2, 0.25) is 10.0 Å². The van der Waals surface area contributed by atoms with Crippen LogP contribution < -0.4 is 4.72 Å². The summed E-state index contributed by atoms with van der Waals surface area (Å²) in [5.74, 6) is -0.474. The van der Waals surface area contributed by atoms with Crippen LogP contribution in [0.5, 0.6) is 0 Å². The minimum atomic E-state index is -3.77. The molecule has 0 atom stereocenters. The fraction of sp³-hybridized carbons (Fsp3) is 0.444. The van der Waals surface area contributed by atoms with Crippen LogP contribution in [-0.4, -0.2) is 55.8 Å². The Morgan fingerprint density at radius 3 is 2.31 bits per heavy atom. The number of aromatic nitrogens is 1. The molecule has 0 amide bonds. The lowest BCUT2D eigenvalue weighted by Crippen LogP contribution is -2.40. The maximum Gasteiger partial charge on any atom is 0.419 e.